The van der Waals surface area contributed by atoms with E-state index >= 15 is 0 Å². The summed E-state index contributed by atoms with van der Waals surface area (Å²) >= 11 is 0. The molecule has 6 nitrogen and oxygen atoms in total. The van der Waals surface area contributed by atoms with Gasteiger partial charge >= 0.3 is 0 Å². The van der Waals surface area contributed by atoms with Crippen LogP contribution in [-0.2, 0) is 27.8 Å². The quantitative estimate of drug-likeness (QED) is 0.589. The lowest BCUT2D eigenvalue weighted by molar-refractivity contribution is -0.130. The maximum Gasteiger partial charge on any atom is 0.243 e. The summed E-state index contributed by atoms with van der Waals surface area (Å²) in [5.41, 5.74) is 2.77. The van der Waals surface area contributed by atoms with Gasteiger partial charge in [-0.05, 0) is 53.9 Å². The van der Waals surface area contributed by atoms with E-state index in [1.54, 1.807) is 29.2 Å². The summed E-state index contributed by atoms with van der Waals surface area (Å²) in [6.07, 6.45) is 1.88. The molecule has 3 aromatic carbocycles. The van der Waals surface area contributed by atoms with Crippen LogP contribution in [0.1, 0.15) is 11.1 Å². The molecule has 4 rings (SSSR count). The Morgan fingerprint density at radius 1 is 0.903 bits per heavy atom. The molecule has 7 heteroatoms. The van der Waals surface area contributed by atoms with Crippen molar-refractivity contribution in [2.45, 2.75) is 13.0 Å². The van der Waals surface area contributed by atoms with Crippen molar-refractivity contribution in [2.75, 3.05) is 23.7 Å². The van der Waals surface area contributed by atoms with Gasteiger partial charge in [-0.3, -0.25) is 9.10 Å². The molecule has 1 amide bonds. The van der Waals surface area contributed by atoms with Gasteiger partial charge in [-0.2, -0.15) is 0 Å². The van der Waals surface area contributed by atoms with Gasteiger partial charge in [-0.25, -0.2) is 8.42 Å². The lowest BCUT2D eigenvalue weighted by Crippen LogP contribution is -2.44. The molecule has 1 aliphatic heterocycles. The largest absolute Gasteiger partial charge is 0.457 e. The van der Waals surface area contributed by atoms with E-state index in [2.05, 4.69) is 6.07 Å². The molecule has 0 spiro atoms. The zero-order chi connectivity index (χ0) is 21.8. The summed E-state index contributed by atoms with van der Waals surface area (Å²) in [5.74, 6) is 1.06. The Balaban J connectivity index is 1.48. The van der Waals surface area contributed by atoms with Crippen molar-refractivity contribution in [1.82, 2.24) is 4.90 Å². The molecule has 0 fully saturated rings. The van der Waals surface area contributed by atoms with Crippen molar-refractivity contribution < 1.29 is 17.9 Å². The third-order valence-electron chi connectivity index (χ3n) is 5.27. The molecule has 0 saturated carbocycles. The Bertz CT molecular complexity index is 1160. The van der Waals surface area contributed by atoms with Crippen molar-refractivity contribution in [3.63, 3.8) is 0 Å². The number of ether oxygens (including phenoxy) is 1. The number of nitrogens with zero attached hydrogens (tertiary/aromatic N) is 2. The number of hydrogen-bond acceptors (Lipinski definition) is 4. The Morgan fingerprint density at radius 2 is 1.52 bits per heavy atom. The van der Waals surface area contributed by atoms with E-state index in [9.17, 15) is 13.2 Å². The molecule has 31 heavy (non-hydrogen) atoms. The van der Waals surface area contributed by atoms with Crippen LogP contribution in [0.4, 0.5) is 5.69 Å². The second kappa shape index (κ2) is 8.81. The van der Waals surface area contributed by atoms with Crippen molar-refractivity contribution in [3.8, 4) is 11.5 Å². The Morgan fingerprint density at radius 3 is 2.19 bits per heavy atom. The van der Waals surface area contributed by atoms with Crippen LogP contribution in [0, 0.1) is 0 Å². The van der Waals surface area contributed by atoms with Gasteiger partial charge in [0.15, 0.2) is 0 Å². The summed E-state index contributed by atoms with van der Waals surface area (Å²) < 4.78 is 31.8. The molecule has 0 radical (unpaired) electrons. The first kappa shape index (κ1) is 20.9. The maximum absolute atomic E-state index is 12.9. The highest BCUT2D eigenvalue weighted by Crippen LogP contribution is 2.26. The summed E-state index contributed by atoms with van der Waals surface area (Å²) in [6.45, 7) is 0.841. The summed E-state index contributed by atoms with van der Waals surface area (Å²) in [4.78, 5) is 14.7. The average molecular weight is 437 g/mol. The molecule has 0 atom stereocenters. The van der Waals surface area contributed by atoms with Crippen LogP contribution in [0.25, 0.3) is 0 Å². The third kappa shape index (κ3) is 5.06. The topological polar surface area (TPSA) is 66.9 Å². The van der Waals surface area contributed by atoms with E-state index in [1.165, 1.54) is 5.56 Å². The fraction of sp³-hybridized carbons (Fsp3) is 0.208. The molecule has 3 aromatic rings. The number of para-hydroxylation sites is 1. The molecule has 0 saturated heterocycles. The highest BCUT2D eigenvalue weighted by Gasteiger charge is 2.26. The van der Waals surface area contributed by atoms with Crippen LogP contribution in [0.15, 0.2) is 78.9 Å². The number of carbonyl (C=O) groups excluding carboxylic acids is 1. The molecule has 1 aliphatic rings. The zero-order valence-corrected chi connectivity index (χ0v) is 18.1. The van der Waals surface area contributed by atoms with Crippen LogP contribution < -0.4 is 9.04 Å². The lowest BCUT2D eigenvalue weighted by Gasteiger charge is -2.31. The minimum atomic E-state index is -3.64. The van der Waals surface area contributed by atoms with Crippen molar-refractivity contribution in [1.29, 1.82) is 0 Å². The van der Waals surface area contributed by atoms with Crippen molar-refractivity contribution in [2.24, 2.45) is 0 Å². The molecular weight excluding hydrogens is 412 g/mol. The van der Waals surface area contributed by atoms with E-state index in [-0.39, 0.29) is 12.5 Å². The normalized spacial score (nSPS) is 13.4. The van der Waals surface area contributed by atoms with Gasteiger partial charge in [0, 0.05) is 13.1 Å². The lowest BCUT2D eigenvalue weighted by atomic mass is 10.00. The number of benzene rings is 3. The molecule has 0 unspecified atom stereocenters. The maximum atomic E-state index is 12.9. The molecule has 160 valence electrons. The van der Waals surface area contributed by atoms with Gasteiger partial charge in [0.25, 0.3) is 0 Å². The van der Waals surface area contributed by atoms with Crippen molar-refractivity contribution >= 4 is 21.6 Å². The number of fused-ring (bicyclic) bond motifs is 1. The highest BCUT2D eigenvalue weighted by molar-refractivity contribution is 7.92. The van der Waals surface area contributed by atoms with Crippen LogP contribution in [0.3, 0.4) is 0 Å². The van der Waals surface area contributed by atoms with E-state index in [0.717, 1.165) is 22.5 Å². The van der Waals surface area contributed by atoms with Crippen molar-refractivity contribution in [3.05, 3.63) is 90.0 Å². The van der Waals surface area contributed by atoms with Crippen LogP contribution in [0.2, 0.25) is 0 Å². The molecule has 0 aliphatic carbocycles. The zero-order valence-electron chi connectivity index (χ0n) is 17.3. The molecule has 0 N–H and O–H groups in total. The standard InChI is InChI=1S/C24H24N2O4S/c1-31(28,29)26(18-24(27)25-16-15-19-7-5-6-8-20(19)17-25)21-11-13-23(14-12-21)30-22-9-3-2-4-10-22/h2-14H,15-18H2,1H3. The van der Waals surface area contributed by atoms with E-state index < -0.39 is 10.0 Å². The third-order valence-corrected chi connectivity index (χ3v) is 6.41. The Labute approximate surface area is 182 Å². The fourth-order valence-electron chi connectivity index (χ4n) is 3.64. The number of sulfonamides is 1. The first-order chi connectivity index (χ1) is 14.9. The Kier molecular flexibility index (Phi) is 5.95. The first-order valence-corrected chi connectivity index (χ1v) is 11.9. The smallest absolute Gasteiger partial charge is 0.243 e. The predicted molar refractivity (Wildman–Crippen MR) is 121 cm³/mol. The summed E-state index contributed by atoms with van der Waals surface area (Å²) in [7, 11) is -3.64. The fourth-order valence-corrected chi connectivity index (χ4v) is 4.49. The number of anilines is 1. The minimum absolute atomic E-state index is 0.218. The minimum Gasteiger partial charge on any atom is -0.457 e. The SMILES string of the molecule is CS(=O)(=O)N(CC(=O)N1CCc2ccccc2C1)c1ccc(Oc2ccccc2)cc1. The molecule has 1 heterocycles. The van der Waals surface area contributed by atoms with Crippen LogP contribution >= 0.6 is 0 Å². The van der Waals surface area contributed by atoms with E-state index in [1.807, 2.05) is 48.5 Å². The van der Waals surface area contributed by atoms with Gasteiger partial charge < -0.3 is 9.64 Å². The monoisotopic (exact) mass is 436 g/mol. The second-order valence-corrected chi connectivity index (χ2v) is 9.42. The number of hydrogen-bond donors (Lipinski definition) is 0. The highest BCUT2D eigenvalue weighted by atomic mass is 32.2. The molecular formula is C24H24N2O4S. The molecule has 0 bridgehead atoms. The van der Waals surface area contributed by atoms with Gasteiger partial charge in [-0.15, -0.1) is 0 Å². The molecule has 0 aromatic heterocycles. The van der Waals surface area contributed by atoms with Gasteiger partial charge in [0.2, 0.25) is 15.9 Å². The second-order valence-electron chi connectivity index (χ2n) is 7.51. The average Bonchev–Trinajstić information content (AvgIpc) is 2.77. The van der Waals surface area contributed by atoms with Crippen LogP contribution in [-0.4, -0.2) is 38.6 Å². The number of carbonyl (C=O) groups is 1. The van der Waals surface area contributed by atoms with E-state index in [4.69, 9.17) is 4.74 Å². The number of amides is 1. The van der Waals surface area contributed by atoms with Gasteiger partial charge in [-0.1, -0.05) is 42.5 Å². The predicted octanol–water partition coefficient (Wildman–Crippen LogP) is 3.83. The van der Waals surface area contributed by atoms with Crippen LogP contribution in [0.5, 0.6) is 11.5 Å². The van der Waals surface area contributed by atoms with Gasteiger partial charge in [0.05, 0.1) is 11.9 Å². The summed E-state index contributed by atoms with van der Waals surface area (Å²) in [5, 5.41) is 0. The summed E-state index contributed by atoms with van der Waals surface area (Å²) in [6, 6.07) is 24.0. The van der Waals surface area contributed by atoms with Gasteiger partial charge in [0.1, 0.15) is 18.0 Å². The number of rotatable bonds is 6. The van der Waals surface area contributed by atoms with E-state index in [0.29, 0.717) is 30.3 Å². The first-order valence-electron chi connectivity index (χ1n) is 10.1. The Hall–Kier alpha value is -3.32.